The number of amides is 3. The Bertz CT molecular complexity index is 788. The molecular weight excluding hydrogens is 328 g/mol. The van der Waals surface area contributed by atoms with E-state index in [4.69, 9.17) is 0 Å². The third-order valence-electron chi connectivity index (χ3n) is 5.10. The van der Waals surface area contributed by atoms with Gasteiger partial charge in [0.2, 0.25) is 0 Å². The van der Waals surface area contributed by atoms with Crippen molar-refractivity contribution in [3.63, 3.8) is 0 Å². The normalized spacial score (nSPS) is 16.4. The minimum absolute atomic E-state index is 0.0442. The zero-order chi connectivity index (χ0) is 17.9. The van der Waals surface area contributed by atoms with Crippen molar-refractivity contribution < 1.29 is 9.59 Å². The first-order chi connectivity index (χ1) is 12.7. The first-order valence-corrected chi connectivity index (χ1v) is 9.08. The molecule has 1 aliphatic carbocycles. The minimum atomic E-state index is -0.149. The van der Waals surface area contributed by atoms with Crippen molar-refractivity contribution in [2.24, 2.45) is 0 Å². The third-order valence-corrected chi connectivity index (χ3v) is 5.10. The maximum atomic E-state index is 12.4. The molecule has 6 nitrogen and oxygen atoms in total. The summed E-state index contributed by atoms with van der Waals surface area (Å²) in [7, 11) is 0. The molecule has 0 radical (unpaired) electrons. The van der Waals surface area contributed by atoms with E-state index in [1.54, 1.807) is 41.6 Å². The molecule has 6 heteroatoms. The summed E-state index contributed by atoms with van der Waals surface area (Å²) < 4.78 is 0. The number of benzene rings is 1. The van der Waals surface area contributed by atoms with Gasteiger partial charge in [-0.1, -0.05) is 12.8 Å². The lowest BCUT2D eigenvalue weighted by Gasteiger charge is -2.16. The monoisotopic (exact) mass is 350 g/mol. The largest absolute Gasteiger partial charge is 0.349 e. The number of urea groups is 1. The molecule has 134 valence electrons. The van der Waals surface area contributed by atoms with Crippen LogP contribution in [0.3, 0.4) is 0 Å². The van der Waals surface area contributed by atoms with Gasteiger partial charge in [0.1, 0.15) is 0 Å². The number of rotatable bonds is 3. The molecule has 2 heterocycles. The van der Waals surface area contributed by atoms with Gasteiger partial charge in [0.25, 0.3) is 5.91 Å². The van der Waals surface area contributed by atoms with E-state index < -0.39 is 0 Å². The number of carbonyl (C=O) groups excluding carboxylic acids is 2. The van der Waals surface area contributed by atoms with Gasteiger partial charge < -0.3 is 15.5 Å². The van der Waals surface area contributed by atoms with E-state index in [0.29, 0.717) is 30.4 Å². The van der Waals surface area contributed by atoms with Crippen LogP contribution in [0.5, 0.6) is 0 Å². The number of hydrogen-bond donors (Lipinski definition) is 2. The van der Waals surface area contributed by atoms with E-state index in [1.165, 1.54) is 12.8 Å². The van der Waals surface area contributed by atoms with Crippen LogP contribution in [0.2, 0.25) is 0 Å². The predicted octanol–water partition coefficient (Wildman–Crippen LogP) is 3.30. The Balaban J connectivity index is 1.34. The van der Waals surface area contributed by atoms with Gasteiger partial charge >= 0.3 is 6.03 Å². The molecular formula is C20H22N4O2. The van der Waals surface area contributed by atoms with Gasteiger partial charge in [-0.2, -0.15) is 0 Å². The quantitative estimate of drug-likeness (QED) is 0.892. The Morgan fingerprint density at radius 3 is 2.46 bits per heavy atom. The van der Waals surface area contributed by atoms with E-state index in [9.17, 15) is 9.59 Å². The second kappa shape index (κ2) is 7.15. The number of pyridine rings is 1. The highest BCUT2D eigenvalue weighted by molar-refractivity contribution is 5.95. The highest BCUT2D eigenvalue weighted by Crippen LogP contribution is 2.22. The molecule has 1 aliphatic heterocycles. The number of nitrogens with zero attached hydrogens (tertiary/aromatic N) is 2. The van der Waals surface area contributed by atoms with Crippen molar-refractivity contribution in [2.75, 3.05) is 5.32 Å². The standard InChI is InChI=1S/C20H22N4O2/c25-19(22-17-3-1-2-4-17)14-5-7-18(8-6-14)23-20(26)24-12-15-9-10-21-11-16(15)13-24/h5-11,17H,1-4,12-13H2,(H,22,25)(H,23,26). The third kappa shape index (κ3) is 3.54. The average molecular weight is 350 g/mol. The number of aromatic nitrogens is 1. The summed E-state index contributed by atoms with van der Waals surface area (Å²) in [5.74, 6) is -0.0442. The molecule has 0 unspecified atom stereocenters. The fourth-order valence-corrected chi connectivity index (χ4v) is 3.61. The molecule has 2 aliphatic rings. The van der Waals surface area contributed by atoms with E-state index in [2.05, 4.69) is 15.6 Å². The Labute approximate surface area is 152 Å². The van der Waals surface area contributed by atoms with Crippen molar-refractivity contribution in [3.05, 3.63) is 59.4 Å². The molecule has 26 heavy (non-hydrogen) atoms. The van der Waals surface area contributed by atoms with Gasteiger partial charge in [0.05, 0.1) is 0 Å². The van der Waals surface area contributed by atoms with Crippen LogP contribution in [-0.2, 0) is 13.1 Å². The maximum absolute atomic E-state index is 12.4. The molecule has 1 saturated carbocycles. The van der Waals surface area contributed by atoms with E-state index in [1.807, 2.05) is 6.07 Å². The number of fused-ring (bicyclic) bond motifs is 1. The number of hydrogen-bond acceptors (Lipinski definition) is 3. The van der Waals surface area contributed by atoms with Crippen LogP contribution in [0.1, 0.15) is 47.2 Å². The van der Waals surface area contributed by atoms with Crippen LogP contribution in [0.15, 0.2) is 42.7 Å². The minimum Gasteiger partial charge on any atom is -0.349 e. The Hall–Kier alpha value is -2.89. The number of anilines is 1. The van der Waals surface area contributed by atoms with Crippen molar-refractivity contribution in [2.45, 2.75) is 44.8 Å². The summed E-state index contributed by atoms with van der Waals surface area (Å²) >= 11 is 0. The first kappa shape index (κ1) is 16.6. The molecule has 1 aromatic heterocycles. The summed E-state index contributed by atoms with van der Waals surface area (Å²) in [5.41, 5.74) is 3.52. The highest BCUT2D eigenvalue weighted by atomic mass is 16.2. The van der Waals surface area contributed by atoms with Gasteiger partial charge in [-0.3, -0.25) is 9.78 Å². The molecule has 0 spiro atoms. The fourth-order valence-electron chi connectivity index (χ4n) is 3.61. The van der Waals surface area contributed by atoms with Crippen LogP contribution in [0, 0.1) is 0 Å². The summed E-state index contributed by atoms with van der Waals surface area (Å²) in [6.45, 7) is 1.16. The molecule has 1 fully saturated rings. The molecule has 2 N–H and O–H groups in total. The van der Waals surface area contributed by atoms with Crippen molar-refractivity contribution in [1.29, 1.82) is 0 Å². The van der Waals surface area contributed by atoms with Crippen LogP contribution < -0.4 is 10.6 Å². The van der Waals surface area contributed by atoms with E-state index in [-0.39, 0.29) is 11.9 Å². The Morgan fingerprint density at radius 2 is 1.73 bits per heavy atom. The summed E-state index contributed by atoms with van der Waals surface area (Å²) in [6.07, 6.45) is 8.05. The maximum Gasteiger partial charge on any atom is 0.322 e. The van der Waals surface area contributed by atoms with Crippen LogP contribution in [0.4, 0.5) is 10.5 Å². The van der Waals surface area contributed by atoms with Crippen LogP contribution in [0.25, 0.3) is 0 Å². The smallest absolute Gasteiger partial charge is 0.322 e. The van der Waals surface area contributed by atoms with E-state index >= 15 is 0 Å². The lowest BCUT2D eigenvalue weighted by Crippen LogP contribution is -2.32. The second-order valence-electron chi connectivity index (χ2n) is 6.96. The van der Waals surface area contributed by atoms with Crippen LogP contribution in [-0.4, -0.2) is 27.9 Å². The van der Waals surface area contributed by atoms with Gasteiger partial charge in [-0.05, 0) is 54.3 Å². The molecule has 1 aromatic carbocycles. The second-order valence-corrected chi connectivity index (χ2v) is 6.96. The molecule has 4 rings (SSSR count). The lowest BCUT2D eigenvalue weighted by molar-refractivity contribution is 0.0938. The summed E-state index contributed by atoms with van der Waals surface area (Å²) in [6, 6.07) is 9.14. The summed E-state index contributed by atoms with van der Waals surface area (Å²) in [4.78, 5) is 30.5. The van der Waals surface area contributed by atoms with Crippen LogP contribution >= 0.6 is 0 Å². The van der Waals surface area contributed by atoms with Crippen molar-refractivity contribution in [3.8, 4) is 0 Å². The van der Waals surface area contributed by atoms with Gasteiger partial charge in [0.15, 0.2) is 0 Å². The van der Waals surface area contributed by atoms with Crippen molar-refractivity contribution in [1.82, 2.24) is 15.2 Å². The molecule has 0 atom stereocenters. The van der Waals surface area contributed by atoms with Gasteiger partial charge in [-0.15, -0.1) is 0 Å². The van der Waals surface area contributed by atoms with E-state index in [0.717, 1.165) is 24.0 Å². The molecule has 2 aromatic rings. The first-order valence-electron chi connectivity index (χ1n) is 9.08. The molecule has 3 amide bonds. The topological polar surface area (TPSA) is 74.3 Å². The number of carbonyl (C=O) groups is 2. The molecule has 0 saturated heterocycles. The predicted molar refractivity (Wildman–Crippen MR) is 98.7 cm³/mol. The Kier molecular flexibility index (Phi) is 4.56. The van der Waals surface area contributed by atoms with Crippen molar-refractivity contribution >= 4 is 17.6 Å². The zero-order valence-electron chi connectivity index (χ0n) is 14.6. The Morgan fingerprint density at radius 1 is 1.00 bits per heavy atom. The lowest BCUT2D eigenvalue weighted by atomic mass is 10.1. The zero-order valence-corrected chi connectivity index (χ0v) is 14.6. The summed E-state index contributed by atoms with van der Waals surface area (Å²) in [5, 5.41) is 5.96. The fraction of sp³-hybridized carbons (Fsp3) is 0.350. The average Bonchev–Trinajstić information content (AvgIpc) is 3.31. The molecule has 0 bridgehead atoms. The highest BCUT2D eigenvalue weighted by Gasteiger charge is 2.23. The van der Waals surface area contributed by atoms with Gasteiger partial charge in [-0.25, -0.2) is 4.79 Å². The SMILES string of the molecule is O=C(NC1CCCC1)c1ccc(NC(=O)N2Cc3ccncc3C2)cc1. The number of nitrogens with one attached hydrogen (secondary N) is 2. The van der Waals surface area contributed by atoms with Gasteiger partial charge in [0, 0.05) is 42.8 Å².